The van der Waals surface area contributed by atoms with Crippen LogP contribution in [-0.4, -0.2) is 73.7 Å². The number of carbonyl (C=O) groups excluding carboxylic acids is 2. The minimum atomic E-state index is -4.23. The Labute approximate surface area is 305 Å². The molecule has 2 amide bonds. The predicted octanol–water partition coefficient (Wildman–Crippen LogP) is 8.37. The van der Waals surface area contributed by atoms with Gasteiger partial charge in [0.2, 0.25) is 11.8 Å². The van der Waals surface area contributed by atoms with Crippen molar-refractivity contribution in [1.82, 2.24) is 29.4 Å². The molecule has 2 fully saturated rings. The third-order valence-corrected chi connectivity index (χ3v) is 10.0. The second-order valence-corrected chi connectivity index (χ2v) is 15.9. The smallest absolute Gasteiger partial charge is 0.410 e. The lowest BCUT2D eigenvalue weighted by atomic mass is 9.93. The van der Waals surface area contributed by atoms with Crippen molar-refractivity contribution < 1.29 is 37.0 Å². The van der Waals surface area contributed by atoms with Gasteiger partial charge < -0.3 is 19.1 Å². The zero-order valence-electron chi connectivity index (χ0n) is 29.6. The number of likely N-dealkylation sites (tertiary alicyclic amines) is 1. The Morgan fingerprint density at radius 1 is 1.06 bits per heavy atom. The molecule has 0 unspecified atom stereocenters. The highest BCUT2D eigenvalue weighted by Crippen LogP contribution is 2.59. The number of hydrogen-bond donors (Lipinski definition) is 1. The highest BCUT2D eigenvalue weighted by atomic mass is 35.5. The summed E-state index contributed by atoms with van der Waals surface area (Å²) in [6.45, 7) is 12.6. The van der Waals surface area contributed by atoms with Gasteiger partial charge in [-0.3, -0.25) is 9.52 Å². The topological polar surface area (TPSA) is 121 Å². The molecule has 4 heterocycles. The van der Waals surface area contributed by atoms with E-state index in [1.807, 2.05) is 38.7 Å². The number of ether oxygens (including phenoxy) is 3. The summed E-state index contributed by atoms with van der Waals surface area (Å²) >= 11 is 7.36. The lowest BCUT2D eigenvalue weighted by molar-refractivity contribution is -0.190. The van der Waals surface area contributed by atoms with E-state index in [9.17, 15) is 22.8 Å². The number of pyridine rings is 2. The van der Waals surface area contributed by atoms with Gasteiger partial charge >= 0.3 is 12.3 Å². The van der Waals surface area contributed by atoms with E-state index < -0.39 is 23.1 Å². The fourth-order valence-electron chi connectivity index (χ4n) is 6.02. The summed E-state index contributed by atoms with van der Waals surface area (Å²) in [5, 5.41) is 4.66. The summed E-state index contributed by atoms with van der Waals surface area (Å²) < 4.78 is 60.6. The number of nitrogens with one attached hydrogen (secondary N) is 1. The molecule has 3 aromatic rings. The molecule has 1 N–H and O–H groups in total. The second-order valence-electron chi connectivity index (χ2n) is 14.8. The van der Waals surface area contributed by atoms with Crippen LogP contribution in [0.15, 0.2) is 41.6 Å². The van der Waals surface area contributed by atoms with E-state index in [0.29, 0.717) is 35.8 Å². The zero-order chi connectivity index (χ0) is 37.2. The van der Waals surface area contributed by atoms with Crippen LogP contribution < -0.4 is 14.2 Å². The Bertz CT molecular complexity index is 1730. The molecule has 1 atom stereocenters. The maximum absolute atomic E-state index is 13.2. The first-order valence-corrected chi connectivity index (χ1v) is 18.1. The molecule has 11 nitrogen and oxygen atoms in total. The fourth-order valence-corrected chi connectivity index (χ4v) is 6.83. The van der Waals surface area contributed by atoms with Crippen molar-refractivity contribution in [2.75, 3.05) is 19.8 Å². The lowest BCUT2D eigenvalue weighted by Gasteiger charge is -2.33. The molecule has 1 saturated heterocycles. The molecule has 278 valence electrons. The number of hydrogen-bond acceptors (Lipinski definition) is 9. The maximum atomic E-state index is 13.2. The summed E-state index contributed by atoms with van der Waals surface area (Å²) in [7, 11) is 0. The van der Waals surface area contributed by atoms with Gasteiger partial charge in [-0.1, -0.05) is 17.7 Å². The van der Waals surface area contributed by atoms with Crippen molar-refractivity contribution in [2.45, 2.75) is 102 Å². The van der Waals surface area contributed by atoms with Crippen LogP contribution in [0.4, 0.5) is 18.0 Å². The van der Waals surface area contributed by atoms with Gasteiger partial charge in [-0.15, -0.1) is 5.10 Å². The summed E-state index contributed by atoms with van der Waals surface area (Å²) in [5.41, 5.74) is -1.49. The standard InChI is InChI=1S/C35H44ClF3N6O5S/c1-22-9-12-27(41-30(22)49-18-7-8-23-20-33(5,6)44(21-23)31(47)50-32(2,3)4)51-43-29(46)24-10-11-25(40-28(24)36)45-17-13-26(42-45)48-19-16-34(14-15-34)35(37,38)39/h9-13,17,23H,7-8,14-16,18-21H2,1-6H3,(H,43,46)/t23-/m0/s1. The van der Waals surface area contributed by atoms with Crippen molar-refractivity contribution in [2.24, 2.45) is 11.3 Å². The molecule has 0 bridgehead atoms. The molecule has 5 rings (SSSR count). The van der Waals surface area contributed by atoms with E-state index in [0.717, 1.165) is 36.8 Å². The number of halogens is 4. The Morgan fingerprint density at radius 3 is 2.47 bits per heavy atom. The van der Waals surface area contributed by atoms with E-state index in [-0.39, 0.29) is 54.1 Å². The molecular formula is C35H44ClF3N6O5S. The van der Waals surface area contributed by atoms with Crippen LogP contribution in [0.25, 0.3) is 5.82 Å². The van der Waals surface area contributed by atoms with Crippen molar-refractivity contribution in [3.63, 3.8) is 0 Å². The molecule has 51 heavy (non-hydrogen) atoms. The van der Waals surface area contributed by atoms with E-state index in [2.05, 4.69) is 33.6 Å². The summed E-state index contributed by atoms with van der Waals surface area (Å²) in [6, 6.07) is 8.19. The normalized spacial score (nSPS) is 18.0. The van der Waals surface area contributed by atoms with Crippen LogP contribution in [0.2, 0.25) is 5.15 Å². The number of aryl methyl sites for hydroxylation is 1. The Morgan fingerprint density at radius 2 is 1.80 bits per heavy atom. The van der Waals surface area contributed by atoms with E-state index in [4.69, 9.17) is 25.8 Å². The Kier molecular flexibility index (Phi) is 11.4. The van der Waals surface area contributed by atoms with E-state index >= 15 is 0 Å². The van der Waals surface area contributed by atoms with E-state index in [1.165, 1.54) is 16.8 Å². The third-order valence-electron chi connectivity index (χ3n) is 9.01. The van der Waals surface area contributed by atoms with Gasteiger partial charge in [0.05, 0.1) is 24.2 Å². The van der Waals surface area contributed by atoms with E-state index in [1.54, 1.807) is 18.3 Å². The van der Waals surface area contributed by atoms with Crippen LogP contribution in [0.5, 0.6) is 11.8 Å². The van der Waals surface area contributed by atoms with Gasteiger partial charge in [0.25, 0.3) is 5.91 Å². The zero-order valence-corrected chi connectivity index (χ0v) is 31.2. The molecule has 16 heteroatoms. The van der Waals surface area contributed by atoms with Gasteiger partial charge in [-0.05, 0) is 104 Å². The van der Waals surface area contributed by atoms with Gasteiger partial charge in [0.1, 0.15) is 15.8 Å². The van der Waals surface area contributed by atoms with Crippen molar-refractivity contribution in [3.8, 4) is 17.6 Å². The first kappa shape index (κ1) is 38.5. The summed E-state index contributed by atoms with van der Waals surface area (Å²) in [5.74, 6) is 0.769. The molecule has 0 aromatic carbocycles. The molecule has 2 aliphatic rings. The quantitative estimate of drug-likeness (QED) is 0.104. The van der Waals surface area contributed by atoms with Crippen molar-refractivity contribution in [3.05, 3.63) is 52.8 Å². The number of alkyl halides is 3. The van der Waals surface area contributed by atoms with Crippen molar-refractivity contribution >= 4 is 35.5 Å². The first-order chi connectivity index (χ1) is 23.9. The molecule has 1 saturated carbocycles. The summed E-state index contributed by atoms with van der Waals surface area (Å²) in [6.07, 6.45) is -0.308. The highest BCUT2D eigenvalue weighted by Gasteiger charge is 2.62. The number of carbonyl (C=O) groups is 2. The molecule has 1 aliphatic carbocycles. The molecule has 0 spiro atoms. The van der Waals surface area contributed by atoms with Crippen LogP contribution >= 0.6 is 23.5 Å². The van der Waals surface area contributed by atoms with Gasteiger partial charge in [-0.2, -0.15) is 13.2 Å². The molecule has 3 aromatic heterocycles. The van der Waals surface area contributed by atoms with Gasteiger partial charge in [0.15, 0.2) is 5.82 Å². The predicted molar refractivity (Wildman–Crippen MR) is 186 cm³/mol. The second kappa shape index (κ2) is 15.1. The Hall–Kier alpha value is -3.72. The van der Waals surface area contributed by atoms with Crippen molar-refractivity contribution in [1.29, 1.82) is 0 Å². The van der Waals surface area contributed by atoms with Crippen LogP contribution in [0.3, 0.4) is 0 Å². The van der Waals surface area contributed by atoms with Gasteiger partial charge in [0, 0.05) is 41.9 Å². The maximum Gasteiger partial charge on any atom is 0.410 e. The minimum absolute atomic E-state index is 0.0647. The van der Waals surface area contributed by atoms with Gasteiger partial charge in [-0.25, -0.2) is 19.4 Å². The number of aromatic nitrogens is 4. The lowest BCUT2D eigenvalue weighted by Crippen LogP contribution is -2.45. The first-order valence-electron chi connectivity index (χ1n) is 16.9. The largest absolute Gasteiger partial charge is 0.477 e. The molecule has 0 radical (unpaired) electrons. The fraction of sp³-hybridized carbons (Fsp3) is 0.571. The Balaban J connectivity index is 1.08. The third kappa shape index (κ3) is 9.79. The monoisotopic (exact) mass is 752 g/mol. The number of amides is 2. The van der Waals surface area contributed by atoms with Crippen LogP contribution in [0, 0.1) is 18.3 Å². The molecular weight excluding hydrogens is 709 g/mol. The average molecular weight is 753 g/mol. The average Bonchev–Trinajstić information content (AvgIpc) is 3.58. The highest BCUT2D eigenvalue weighted by molar-refractivity contribution is 7.97. The number of nitrogens with zero attached hydrogens (tertiary/aromatic N) is 5. The molecule has 1 aliphatic heterocycles. The summed E-state index contributed by atoms with van der Waals surface area (Å²) in [4.78, 5) is 36.3. The van der Waals surface area contributed by atoms with Crippen LogP contribution in [-0.2, 0) is 4.74 Å². The number of rotatable bonds is 13. The minimum Gasteiger partial charge on any atom is -0.477 e. The van der Waals surface area contributed by atoms with Crippen LogP contribution in [0.1, 0.15) is 89.1 Å². The SMILES string of the molecule is Cc1ccc(SNC(=O)c2ccc(-n3ccc(OCCC4(C(F)(F)F)CC4)n3)nc2Cl)nc1OCCC[C@@H]1CN(C(=O)OC(C)(C)C)C(C)(C)C1.